The van der Waals surface area contributed by atoms with E-state index in [0.717, 1.165) is 0 Å². The van der Waals surface area contributed by atoms with Gasteiger partial charge in [0, 0.05) is 12.5 Å². The van der Waals surface area contributed by atoms with Crippen LogP contribution in [0.25, 0.3) is 22.3 Å². The number of nitrogens with zero attached hydrogens (tertiary/aromatic N) is 7. The second kappa shape index (κ2) is 10.1. The van der Waals surface area contributed by atoms with Gasteiger partial charge in [0.15, 0.2) is 23.0 Å². The first-order valence-electron chi connectivity index (χ1n) is 12.4. The fourth-order valence-electron chi connectivity index (χ4n) is 5.24. The molecule has 4 aliphatic rings. The number of fused-ring (bicyclic) bond motifs is 8. The van der Waals surface area contributed by atoms with Gasteiger partial charge in [0.25, 0.3) is 5.56 Å². The lowest BCUT2D eigenvalue weighted by Crippen LogP contribution is -2.33. The molecule has 1 saturated heterocycles. The Labute approximate surface area is 240 Å². The maximum atomic E-state index is 13.5. The summed E-state index contributed by atoms with van der Waals surface area (Å²) in [6.45, 7) is -8.20. The summed E-state index contributed by atoms with van der Waals surface area (Å²) >= 11 is 8.38. The van der Waals surface area contributed by atoms with E-state index in [-0.39, 0.29) is 48.9 Å². The van der Waals surface area contributed by atoms with Gasteiger partial charge in [-0.05, 0) is 12.8 Å². The number of nitrogen functional groups attached to an aromatic ring is 1. The number of ether oxygens (including phenoxy) is 1. The molecule has 4 bridgehead atoms. The third-order valence-corrected chi connectivity index (χ3v) is 10.4. The van der Waals surface area contributed by atoms with Crippen molar-refractivity contribution in [1.29, 1.82) is 0 Å². The Morgan fingerprint density at radius 2 is 1.83 bits per heavy atom. The molecule has 5 atom stereocenters. The molecule has 0 amide bonds. The summed E-state index contributed by atoms with van der Waals surface area (Å²) in [5.41, 5.74) is 6.41. The minimum atomic E-state index is -4.04. The zero-order chi connectivity index (χ0) is 28.5. The molecule has 0 radical (unpaired) electrons. The number of aromatic nitrogens is 8. The highest BCUT2D eigenvalue weighted by Gasteiger charge is 2.44. The number of nitrogens with one attached hydrogen (secondary N) is 1. The Hall–Kier alpha value is -2.34. The van der Waals surface area contributed by atoms with Gasteiger partial charge in [0.2, 0.25) is 5.95 Å². The van der Waals surface area contributed by atoms with Crippen LogP contribution in [0.4, 0.5) is 5.95 Å². The van der Waals surface area contributed by atoms with Gasteiger partial charge in [-0.2, -0.15) is 4.98 Å². The molecule has 3 aliphatic heterocycles. The molecular weight excluding hydrogens is 620 g/mol. The molecule has 4 aromatic heterocycles. The summed E-state index contributed by atoms with van der Waals surface area (Å²) in [6, 6.07) is -0.110. The van der Waals surface area contributed by atoms with Crippen LogP contribution in [0, 0.1) is 0 Å². The predicted molar refractivity (Wildman–Crippen MR) is 148 cm³/mol. The zero-order valence-electron chi connectivity index (χ0n) is 20.9. The summed E-state index contributed by atoms with van der Waals surface area (Å²) in [5, 5.41) is 0. The van der Waals surface area contributed by atoms with Crippen molar-refractivity contribution in [2.45, 2.75) is 56.5 Å². The summed E-state index contributed by atoms with van der Waals surface area (Å²) in [5.74, 6) is 0.295. The van der Waals surface area contributed by atoms with Crippen molar-refractivity contribution in [2.75, 3.05) is 12.3 Å². The molecule has 8 rings (SSSR count). The molecule has 4 aromatic rings. The van der Waals surface area contributed by atoms with Crippen molar-refractivity contribution in [2.24, 2.45) is 0 Å². The number of hydrogen-bond acceptors (Lipinski definition) is 14. The molecule has 17 nitrogen and oxygen atoms in total. The first-order chi connectivity index (χ1) is 19.6. The largest absolute Gasteiger partial charge is 0.386 e. The topological polar surface area (TPSA) is 213 Å². The van der Waals surface area contributed by atoms with Crippen LogP contribution in [-0.4, -0.2) is 64.0 Å². The molecular formula is C20H23N9O8P2S2. The SMILES string of the molecule is Nc1nc2c(ncn2C2O[C@@H]3COP(=O)(S)O[C@H]4C[C@H](C4)n4c(nc5cncnc54)COP(=O)(S)O[C@@H]2C3)c(=O)[nH]1. The van der Waals surface area contributed by atoms with Crippen LogP contribution in [0.2, 0.25) is 0 Å². The van der Waals surface area contributed by atoms with Crippen LogP contribution in [-0.2, 0) is 38.6 Å². The summed E-state index contributed by atoms with van der Waals surface area (Å²) < 4.78 is 58.9. The lowest BCUT2D eigenvalue weighted by atomic mass is 9.89. The summed E-state index contributed by atoms with van der Waals surface area (Å²) in [6.07, 6.45) is 2.33. The Balaban J connectivity index is 1.24. The lowest BCUT2D eigenvalue weighted by Gasteiger charge is -2.37. The monoisotopic (exact) mass is 643 g/mol. The van der Waals surface area contributed by atoms with Crippen LogP contribution < -0.4 is 11.3 Å². The van der Waals surface area contributed by atoms with Crippen molar-refractivity contribution in [3.63, 3.8) is 0 Å². The maximum absolute atomic E-state index is 13.5. The van der Waals surface area contributed by atoms with Crippen LogP contribution in [0.3, 0.4) is 0 Å². The van der Waals surface area contributed by atoms with E-state index in [1.54, 1.807) is 6.20 Å². The first-order valence-corrected chi connectivity index (χ1v) is 17.8. The van der Waals surface area contributed by atoms with Gasteiger partial charge in [-0.15, -0.1) is 0 Å². The van der Waals surface area contributed by atoms with Gasteiger partial charge < -0.3 is 15.0 Å². The second-order valence-corrected chi connectivity index (χ2v) is 15.5. The van der Waals surface area contributed by atoms with Crippen molar-refractivity contribution in [3.8, 4) is 0 Å². The molecule has 2 fully saturated rings. The molecule has 3 unspecified atom stereocenters. The molecule has 1 saturated carbocycles. The number of thiol groups is 2. The molecule has 21 heteroatoms. The van der Waals surface area contributed by atoms with Gasteiger partial charge >= 0.3 is 13.6 Å². The van der Waals surface area contributed by atoms with E-state index >= 15 is 0 Å². The third-order valence-electron chi connectivity index (χ3n) is 7.06. The Morgan fingerprint density at radius 1 is 1.02 bits per heavy atom. The van der Waals surface area contributed by atoms with Gasteiger partial charge in [-0.3, -0.25) is 32.4 Å². The first kappa shape index (κ1) is 27.5. The Morgan fingerprint density at radius 3 is 2.66 bits per heavy atom. The van der Waals surface area contributed by atoms with Crippen LogP contribution in [0.15, 0.2) is 23.6 Å². The van der Waals surface area contributed by atoms with Crippen molar-refractivity contribution < 1.29 is 32.0 Å². The van der Waals surface area contributed by atoms with E-state index in [1.807, 2.05) is 4.57 Å². The van der Waals surface area contributed by atoms with Gasteiger partial charge in [0.1, 0.15) is 30.4 Å². The van der Waals surface area contributed by atoms with Crippen LogP contribution in [0.5, 0.6) is 0 Å². The lowest BCUT2D eigenvalue weighted by molar-refractivity contribution is -0.0441. The van der Waals surface area contributed by atoms with E-state index in [2.05, 4.69) is 54.4 Å². The molecule has 218 valence electrons. The number of anilines is 1. The number of imidazole rings is 2. The van der Waals surface area contributed by atoms with Crippen LogP contribution >= 0.6 is 38.1 Å². The standard InChI is InChI=1S/C20H23N9O8P2S2/c21-20-26-17-15(18(30)27-20)24-8-28(17)19-13-3-11(35-19)5-33-38(31,40)36-10-1-9(2-10)29-14(6-34-39(32,41)37-13)25-12-4-22-7-23-16(12)29/h4,7-11,13,19H,1-3,5-6H2,(H,31,40)(H,32,41)(H3,21,26,27,30)/t9-,10+,11-,13+,19?,38?,39?/m0/s1. The summed E-state index contributed by atoms with van der Waals surface area (Å²) in [4.78, 5) is 35.9. The number of hydrogen-bond donors (Lipinski definition) is 4. The van der Waals surface area contributed by atoms with Crippen LogP contribution in [0.1, 0.15) is 37.4 Å². The average molecular weight is 644 g/mol. The van der Waals surface area contributed by atoms with Crippen molar-refractivity contribution >= 4 is 66.4 Å². The normalized spacial score (nSPS) is 34.4. The van der Waals surface area contributed by atoms with E-state index in [1.165, 1.54) is 17.2 Å². The second-order valence-electron chi connectivity index (χ2n) is 9.79. The fourth-order valence-corrected chi connectivity index (χ4v) is 8.22. The van der Waals surface area contributed by atoms with Crippen molar-refractivity contribution in [3.05, 3.63) is 35.0 Å². The highest BCUT2D eigenvalue weighted by molar-refractivity contribution is 8.44. The van der Waals surface area contributed by atoms with E-state index < -0.39 is 37.6 Å². The van der Waals surface area contributed by atoms with E-state index in [9.17, 15) is 13.9 Å². The molecule has 0 aromatic carbocycles. The Bertz CT molecular complexity index is 1810. The van der Waals surface area contributed by atoms with Gasteiger partial charge in [0.05, 0.1) is 31.3 Å². The maximum Gasteiger partial charge on any atom is 0.386 e. The minimum Gasteiger partial charge on any atom is -0.369 e. The zero-order valence-corrected chi connectivity index (χ0v) is 24.5. The number of H-pyrrole nitrogens is 1. The van der Waals surface area contributed by atoms with Gasteiger partial charge in [-0.1, -0.05) is 24.5 Å². The molecule has 7 heterocycles. The quantitative estimate of drug-likeness (QED) is 0.173. The summed E-state index contributed by atoms with van der Waals surface area (Å²) in [7, 11) is 0. The average Bonchev–Trinajstić information content (AvgIpc) is 3.58. The molecule has 41 heavy (non-hydrogen) atoms. The van der Waals surface area contributed by atoms with Gasteiger partial charge in [-0.25, -0.2) is 29.1 Å². The fraction of sp³-hybridized carbons (Fsp3) is 0.500. The number of nitrogens with two attached hydrogens (primary N) is 1. The third kappa shape index (κ3) is 5.23. The highest BCUT2D eigenvalue weighted by atomic mass is 32.7. The minimum absolute atomic E-state index is 0.0131. The van der Waals surface area contributed by atoms with Crippen molar-refractivity contribution in [1.82, 2.24) is 39.0 Å². The smallest absolute Gasteiger partial charge is 0.369 e. The molecule has 1 aliphatic carbocycles. The molecule has 0 spiro atoms. The Kier molecular flexibility index (Phi) is 6.80. The van der Waals surface area contributed by atoms with E-state index in [4.69, 9.17) is 28.6 Å². The molecule has 3 N–H and O–H groups in total. The van der Waals surface area contributed by atoms with E-state index in [0.29, 0.717) is 29.8 Å². The predicted octanol–water partition coefficient (Wildman–Crippen LogP) is 2.56. The number of aromatic amines is 1. The number of rotatable bonds is 1. The highest BCUT2D eigenvalue weighted by Crippen LogP contribution is 2.60.